The number of fused-ring (bicyclic) bond motifs is 6. The molecule has 0 aliphatic carbocycles. The van der Waals surface area contributed by atoms with Gasteiger partial charge in [0, 0.05) is 26.8 Å². The maximum absolute atomic E-state index is 15.7. The molecule has 0 bridgehead atoms. The fraction of sp³-hybridized carbons (Fsp3) is 0. The zero-order valence-corrected chi connectivity index (χ0v) is 20.8. The van der Waals surface area contributed by atoms with Crippen LogP contribution in [-0.4, -0.2) is 0 Å². The predicted molar refractivity (Wildman–Crippen MR) is 150 cm³/mol. The van der Waals surface area contributed by atoms with Crippen LogP contribution in [0, 0.1) is 22.7 Å². The van der Waals surface area contributed by atoms with E-state index in [4.69, 9.17) is 8.83 Å². The Labute approximate surface area is 217 Å². The molecule has 0 spiro atoms. The van der Waals surface area contributed by atoms with Gasteiger partial charge in [-0.05, 0) is 24.3 Å². The first-order valence-electron chi connectivity index (χ1n) is 12.0. The van der Waals surface area contributed by atoms with E-state index in [1.54, 1.807) is 12.1 Å². The molecule has 0 radical (unpaired) electrons. The Bertz CT molecular complexity index is 2060. The minimum Gasteiger partial charge on any atom is -0.454 e. The van der Waals surface area contributed by atoms with E-state index >= 15 is 4.57 Å². The predicted octanol–water partition coefficient (Wildman–Crippen LogP) is 6.87. The van der Waals surface area contributed by atoms with Gasteiger partial charge in [-0.15, -0.1) is 0 Å². The van der Waals surface area contributed by atoms with Crippen LogP contribution in [0.2, 0.25) is 0 Å². The Balaban J connectivity index is 1.64. The average Bonchev–Trinajstić information content (AvgIpc) is 3.55. The molecule has 7 aromatic rings. The van der Waals surface area contributed by atoms with Gasteiger partial charge in [0.15, 0.2) is 18.3 Å². The summed E-state index contributed by atoms with van der Waals surface area (Å²) in [5.41, 5.74) is 2.73. The molecule has 178 valence electrons. The van der Waals surface area contributed by atoms with E-state index < -0.39 is 7.14 Å². The molecule has 0 N–H and O–H groups in total. The third kappa shape index (κ3) is 2.94. The number of hydrogen-bond acceptors (Lipinski definition) is 5. The monoisotopic (exact) mass is 508 g/mol. The second kappa shape index (κ2) is 8.22. The Hall–Kier alpha value is -5.09. The first-order valence-corrected chi connectivity index (χ1v) is 13.7. The van der Waals surface area contributed by atoms with Crippen LogP contribution in [0.5, 0.6) is 0 Å². The molecule has 0 saturated carbocycles. The first-order chi connectivity index (χ1) is 18.6. The molecule has 0 aliphatic heterocycles. The third-order valence-corrected chi connectivity index (χ3v) is 10.1. The highest BCUT2D eigenvalue weighted by Crippen LogP contribution is 2.48. The van der Waals surface area contributed by atoms with Crippen LogP contribution in [0.1, 0.15) is 11.1 Å². The molecule has 7 rings (SSSR count). The van der Waals surface area contributed by atoms with Gasteiger partial charge in [-0.25, -0.2) is 0 Å². The number of nitriles is 2. The molecule has 0 atom stereocenters. The normalized spacial score (nSPS) is 11.7. The maximum Gasteiger partial charge on any atom is 0.178 e. The molecule has 6 heteroatoms. The number of rotatable bonds is 3. The number of para-hydroxylation sites is 4. The SMILES string of the molecule is N#Cc1cccc2c1oc1c(P(=O)(c3ccccc3)c3cccc4c3oc3c(C#N)cccc34)cccc12. The highest BCUT2D eigenvalue weighted by Gasteiger charge is 2.36. The van der Waals surface area contributed by atoms with E-state index in [1.165, 1.54) is 0 Å². The summed E-state index contributed by atoms with van der Waals surface area (Å²) in [4.78, 5) is 0. The molecular weight excluding hydrogens is 491 g/mol. The van der Waals surface area contributed by atoms with E-state index in [9.17, 15) is 10.5 Å². The van der Waals surface area contributed by atoms with Gasteiger partial charge in [-0.2, -0.15) is 10.5 Å². The van der Waals surface area contributed by atoms with Crippen molar-refractivity contribution in [1.29, 1.82) is 10.5 Å². The molecule has 5 aromatic carbocycles. The standard InChI is InChI=1S/C32H17N2O3P/c33-18-20-8-4-12-23-25-14-6-16-27(31(25)36-29(20)23)38(35,22-10-2-1-3-11-22)28-17-7-15-26-24-13-5-9-21(19-34)30(24)37-32(26)28/h1-17H. The van der Waals surface area contributed by atoms with Crippen LogP contribution in [0.3, 0.4) is 0 Å². The van der Waals surface area contributed by atoms with E-state index in [1.807, 2.05) is 91.0 Å². The second-order valence-electron chi connectivity index (χ2n) is 9.04. The summed E-state index contributed by atoms with van der Waals surface area (Å²) in [6.45, 7) is 0. The Morgan fingerprint density at radius 1 is 0.500 bits per heavy atom. The van der Waals surface area contributed by atoms with Gasteiger partial charge in [0.25, 0.3) is 0 Å². The Morgan fingerprint density at radius 2 is 0.921 bits per heavy atom. The summed E-state index contributed by atoms with van der Waals surface area (Å²) in [6, 6.07) is 35.8. The van der Waals surface area contributed by atoms with Crippen molar-refractivity contribution in [3.63, 3.8) is 0 Å². The van der Waals surface area contributed by atoms with Crippen molar-refractivity contribution in [3.8, 4) is 12.1 Å². The number of nitrogens with zero attached hydrogens (tertiary/aromatic N) is 2. The van der Waals surface area contributed by atoms with E-state index in [0.717, 1.165) is 21.5 Å². The number of furan rings is 2. The van der Waals surface area contributed by atoms with Gasteiger partial charge in [-0.1, -0.05) is 78.9 Å². The largest absolute Gasteiger partial charge is 0.454 e. The van der Waals surface area contributed by atoms with Gasteiger partial charge in [0.2, 0.25) is 0 Å². The Morgan fingerprint density at radius 3 is 1.37 bits per heavy atom. The van der Waals surface area contributed by atoms with Gasteiger partial charge in [0.05, 0.1) is 21.7 Å². The van der Waals surface area contributed by atoms with Crippen LogP contribution in [0.4, 0.5) is 0 Å². The van der Waals surface area contributed by atoms with Gasteiger partial charge in [-0.3, -0.25) is 0 Å². The van der Waals surface area contributed by atoms with Crippen LogP contribution in [0.15, 0.2) is 112 Å². The van der Waals surface area contributed by atoms with E-state index in [2.05, 4.69) is 12.1 Å². The van der Waals surface area contributed by atoms with Crippen molar-refractivity contribution in [2.24, 2.45) is 0 Å². The minimum atomic E-state index is -3.58. The van der Waals surface area contributed by atoms with E-state index in [-0.39, 0.29) is 0 Å². The zero-order valence-electron chi connectivity index (χ0n) is 19.9. The van der Waals surface area contributed by atoms with Crippen LogP contribution < -0.4 is 15.9 Å². The lowest BCUT2D eigenvalue weighted by molar-refractivity contribution is 0.591. The quantitative estimate of drug-likeness (QED) is 0.243. The van der Waals surface area contributed by atoms with Crippen LogP contribution >= 0.6 is 7.14 Å². The van der Waals surface area contributed by atoms with Gasteiger partial charge < -0.3 is 13.4 Å². The minimum absolute atomic E-state index is 0.419. The summed E-state index contributed by atoms with van der Waals surface area (Å²) in [5, 5.41) is 24.2. The Kier molecular flexibility index (Phi) is 4.79. The highest BCUT2D eigenvalue weighted by molar-refractivity contribution is 7.86. The molecule has 5 nitrogen and oxygen atoms in total. The van der Waals surface area contributed by atoms with Crippen LogP contribution in [-0.2, 0) is 4.57 Å². The molecule has 0 fully saturated rings. The van der Waals surface area contributed by atoms with Crippen molar-refractivity contribution in [1.82, 2.24) is 0 Å². The fourth-order valence-corrected chi connectivity index (χ4v) is 8.23. The number of benzene rings is 5. The van der Waals surface area contributed by atoms with Crippen molar-refractivity contribution in [3.05, 3.63) is 114 Å². The summed E-state index contributed by atoms with van der Waals surface area (Å²) < 4.78 is 28.3. The molecule has 2 heterocycles. The summed E-state index contributed by atoms with van der Waals surface area (Å²) >= 11 is 0. The summed E-state index contributed by atoms with van der Waals surface area (Å²) in [5.74, 6) is 0. The van der Waals surface area contributed by atoms with E-state index in [0.29, 0.717) is 49.4 Å². The molecule has 38 heavy (non-hydrogen) atoms. The lowest BCUT2D eigenvalue weighted by Gasteiger charge is -2.20. The molecule has 0 saturated heterocycles. The topological polar surface area (TPSA) is 90.9 Å². The number of hydrogen-bond donors (Lipinski definition) is 0. The van der Waals surface area contributed by atoms with Crippen molar-refractivity contribution < 1.29 is 13.4 Å². The summed E-state index contributed by atoms with van der Waals surface area (Å²) in [7, 11) is -3.58. The molecule has 0 amide bonds. The molecule has 0 aliphatic rings. The maximum atomic E-state index is 15.7. The fourth-order valence-electron chi connectivity index (χ4n) is 5.33. The second-order valence-corrected chi connectivity index (χ2v) is 11.7. The van der Waals surface area contributed by atoms with Gasteiger partial charge >= 0.3 is 0 Å². The highest BCUT2D eigenvalue weighted by atomic mass is 31.2. The average molecular weight is 508 g/mol. The molecule has 0 unspecified atom stereocenters. The third-order valence-electron chi connectivity index (χ3n) is 7.05. The zero-order chi connectivity index (χ0) is 25.9. The van der Waals surface area contributed by atoms with Crippen molar-refractivity contribution in [2.45, 2.75) is 0 Å². The van der Waals surface area contributed by atoms with Crippen molar-refractivity contribution in [2.75, 3.05) is 0 Å². The molecule has 2 aromatic heterocycles. The van der Waals surface area contributed by atoms with Gasteiger partial charge in [0.1, 0.15) is 23.3 Å². The first kappa shape index (κ1) is 22.1. The lowest BCUT2D eigenvalue weighted by Crippen LogP contribution is -2.25. The van der Waals surface area contributed by atoms with Crippen LogP contribution in [0.25, 0.3) is 43.9 Å². The van der Waals surface area contributed by atoms with Crippen molar-refractivity contribution >= 4 is 66.9 Å². The summed E-state index contributed by atoms with van der Waals surface area (Å²) in [6.07, 6.45) is 0. The smallest absolute Gasteiger partial charge is 0.178 e. The molecular formula is C32H17N2O3P. The lowest BCUT2D eigenvalue weighted by atomic mass is 10.1.